The Morgan fingerprint density at radius 1 is 0.252 bits per heavy atom. The maximum Gasteiger partial charge on any atom is 0.252 e. The van der Waals surface area contributed by atoms with Crippen LogP contribution in [0.15, 0.2) is 297 Å². The second kappa shape index (κ2) is 26.8. The summed E-state index contributed by atoms with van der Waals surface area (Å²) >= 11 is 0. The van der Waals surface area contributed by atoms with Gasteiger partial charge in [-0.1, -0.05) is 352 Å². The van der Waals surface area contributed by atoms with Gasteiger partial charge in [0.2, 0.25) is 0 Å². The van der Waals surface area contributed by atoms with Crippen LogP contribution in [0.25, 0.3) is 101 Å². The summed E-state index contributed by atoms with van der Waals surface area (Å²) in [7, 11) is 0. The third kappa shape index (κ3) is 13.4. The van der Waals surface area contributed by atoms with Crippen molar-refractivity contribution >= 4 is 57.2 Å². The average Bonchev–Trinajstić information content (AvgIpc) is 0.686. The monoisotopic (exact) mass is 1390 g/mol. The standard InChI is InChI=1S/C101H94BN5/c1-97(2,3)77-52-74(53-78(61-77)98(4,5)6)73-47-50-86-89(58-73)107(93-83(68-40-28-19-29-41-68)63-81(101(13,14)15)64-84(93)96-104-94(69-42-30-20-31-43-69)103-95(105-96)70-44-32-21-33-45-70)91-60-76(75-54-79(99(7,8)9)62-80(55-75)100(10,11)12)59-90-92(91)102(86)85-49-46-72(66-36-24-17-25-37-66)57-88(85)106(90)87-51-48-71(65-34-22-16-23-35-65)56-82(87)67-38-26-18-27-39-67/h16-64H,1-15H3/i17D,24D,25D,36D,37D. The molecule has 0 amide bonds. The zero-order valence-electron chi connectivity index (χ0n) is 69.2. The van der Waals surface area contributed by atoms with Crippen molar-refractivity contribution in [3.05, 3.63) is 325 Å². The molecule has 5 nitrogen and oxygen atoms in total. The van der Waals surface area contributed by atoms with E-state index in [-0.39, 0.29) is 44.7 Å². The molecule has 0 saturated heterocycles. The molecule has 16 rings (SSSR count). The van der Waals surface area contributed by atoms with Gasteiger partial charge in [-0.2, -0.15) is 0 Å². The van der Waals surface area contributed by atoms with Crippen molar-refractivity contribution in [1.82, 2.24) is 15.0 Å². The molecule has 0 bridgehead atoms. The Labute approximate surface area is 641 Å². The first-order chi connectivity index (χ1) is 53.3. The lowest BCUT2D eigenvalue weighted by molar-refractivity contribution is 0.568. The summed E-state index contributed by atoms with van der Waals surface area (Å²) in [6.07, 6.45) is 0. The van der Waals surface area contributed by atoms with Crippen LogP contribution in [0.3, 0.4) is 0 Å². The first-order valence-electron chi connectivity index (χ1n) is 40.1. The van der Waals surface area contributed by atoms with Crippen LogP contribution in [-0.2, 0) is 27.1 Å². The molecule has 0 atom stereocenters. The molecule has 2 aliphatic rings. The van der Waals surface area contributed by atoms with E-state index in [2.05, 4.69) is 338 Å². The molecule has 1 aromatic heterocycles. The zero-order chi connectivity index (χ0) is 78.8. The van der Waals surface area contributed by atoms with Gasteiger partial charge in [0.25, 0.3) is 6.71 Å². The van der Waals surface area contributed by atoms with Gasteiger partial charge < -0.3 is 9.80 Å². The minimum absolute atomic E-state index is 0.126. The summed E-state index contributed by atoms with van der Waals surface area (Å²) < 4.78 is 46.5. The molecule has 6 heteroatoms. The number of aromatic nitrogens is 3. The van der Waals surface area contributed by atoms with E-state index in [4.69, 9.17) is 19.1 Å². The fraction of sp³-hybridized carbons (Fsp3) is 0.198. The molecule has 0 fully saturated rings. The predicted octanol–water partition coefficient (Wildman–Crippen LogP) is 25.4. The van der Waals surface area contributed by atoms with Crippen LogP contribution < -0.4 is 26.2 Å². The van der Waals surface area contributed by atoms with Crippen molar-refractivity contribution in [2.75, 3.05) is 9.80 Å². The van der Waals surface area contributed by atoms with Gasteiger partial charge in [-0.15, -0.1) is 0 Å². The Kier molecular flexibility index (Phi) is 16.0. The van der Waals surface area contributed by atoms with Gasteiger partial charge in [-0.25, -0.2) is 15.0 Å². The highest BCUT2D eigenvalue weighted by Crippen LogP contribution is 2.55. The molecule has 14 aromatic rings. The van der Waals surface area contributed by atoms with Crippen LogP contribution in [0.1, 0.15) is 139 Å². The quantitative estimate of drug-likeness (QED) is 0.121. The van der Waals surface area contributed by atoms with E-state index in [1.807, 2.05) is 42.5 Å². The van der Waals surface area contributed by atoms with Crippen molar-refractivity contribution < 1.29 is 6.85 Å². The maximum absolute atomic E-state index is 9.65. The molecule has 0 N–H and O–H groups in total. The number of nitrogens with zero attached hydrogens (tertiary/aromatic N) is 5. The number of rotatable bonds is 11. The number of benzene rings is 13. The van der Waals surface area contributed by atoms with Crippen LogP contribution >= 0.6 is 0 Å². The predicted molar refractivity (Wildman–Crippen MR) is 456 cm³/mol. The summed E-state index contributed by atoms with van der Waals surface area (Å²) in [5.41, 5.74) is 26.5. The molecular weight excluding hydrogens is 1290 g/mol. The summed E-state index contributed by atoms with van der Waals surface area (Å²) in [5, 5.41) is 0. The number of anilines is 6. The third-order valence-corrected chi connectivity index (χ3v) is 21.5. The lowest BCUT2D eigenvalue weighted by atomic mass is 9.33. The fourth-order valence-corrected chi connectivity index (χ4v) is 15.3. The van der Waals surface area contributed by atoms with Crippen LogP contribution in [0.4, 0.5) is 34.1 Å². The second-order valence-corrected chi connectivity index (χ2v) is 34.2. The highest BCUT2D eigenvalue weighted by Gasteiger charge is 2.46. The van der Waals surface area contributed by atoms with Gasteiger partial charge in [0.1, 0.15) is 0 Å². The minimum Gasteiger partial charge on any atom is -0.311 e. The number of hydrogen-bond donors (Lipinski definition) is 0. The molecule has 0 saturated carbocycles. The summed E-state index contributed by atoms with van der Waals surface area (Å²) in [6, 6.07) is 94.9. The Hall–Kier alpha value is -11.5. The topological polar surface area (TPSA) is 45.2 Å². The van der Waals surface area contributed by atoms with Crippen LogP contribution in [-0.4, -0.2) is 21.7 Å². The SMILES string of the molecule is [2H]c1c([2H])c([2H])c(-c2ccc3c(c2)N(c2ccc(-c4ccccc4)cc2-c2ccccc2)c2cc(-c4cc(C(C)(C)C)cc(C(C)(C)C)c4)cc4c2B3c2ccc(-c3cc(C(C)(C)C)cc(C(C)(C)C)c3)cc2N4c2c(-c3ccccc3)cc(C(C)(C)C)cc2-c2nc(-c3ccccc3)nc(-c3ccccc3)n2)c([2H])c1[2H]. The minimum atomic E-state index is -0.482. The van der Waals surface area contributed by atoms with E-state index < -0.39 is 24.8 Å². The number of hydrogen-bond acceptors (Lipinski definition) is 5. The summed E-state index contributed by atoms with van der Waals surface area (Å²) in [4.78, 5) is 21.8. The normalized spacial score (nSPS) is 13.6. The second-order valence-electron chi connectivity index (χ2n) is 34.2. The summed E-state index contributed by atoms with van der Waals surface area (Å²) in [5.74, 6) is 1.60. The average molecular weight is 1390 g/mol. The molecule has 107 heavy (non-hydrogen) atoms. The van der Waals surface area contributed by atoms with E-state index in [1.54, 1.807) is 0 Å². The van der Waals surface area contributed by atoms with Crippen LogP contribution in [0.2, 0.25) is 0 Å². The molecule has 526 valence electrons. The molecule has 0 spiro atoms. The molecule has 3 heterocycles. The van der Waals surface area contributed by atoms with E-state index in [9.17, 15) is 2.74 Å². The van der Waals surface area contributed by atoms with Crippen LogP contribution in [0, 0.1) is 0 Å². The van der Waals surface area contributed by atoms with Gasteiger partial charge in [0.15, 0.2) is 17.5 Å². The lowest BCUT2D eigenvalue weighted by Crippen LogP contribution is -2.61. The number of fused-ring (bicyclic) bond motifs is 4. The maximum atomic E-state index is 9.65. The Bertz CT molecular complexity index is 5880. The lowest BCUT2D eigenvalue weighted by Gasteiger charge is -2.46. The van der Waals surface area contributed by atoms with Crippen molar-refractivity contribution in [1.29, 1.82) is 0 Å². The van der Waals surface area contributed by atoms with E-state index in [1.165, 1.54) is 22.3 Å². The fourth-order valence-electron chi connectivity index (χ4n) is 15.3. The van der Waals surface area contributed by atoms with E-state index in [0.717, 1.165) is 128 Å². The first kappa shape index (κ1) is 64.0. The van der Waals surface area contributed by atoms with Gasteiger partial charge in [-0.05, 0) is 175 Å². The van der Waals surface area contributed by atoms with Gasteiger partial charge in [0.05, 0.1) is 18.2 Å². The molecular formula is C101H94BN5. The van der Waals surface area contributed by atoms with Crippen molar-refractivity contribution in [2.45, 2.75) is 131 Å². The van der Waals surface area contributed by atoms with Gasteiger partial charge in [0, 0.05) is 50.6 Å². The largest absolute Gasteiger partial charge is 0.311 e. The highest BCUT2D eigenvalue weighted by atomic mass is 15.2. The molecule has 2 aliphatic heterocycles. The van der Waals surface area contributed by atoms with Crippen molar-refractivity contribution in [2.24, 2.45) is 0 Å². The van der Waals surface area contributed by atoms with Crippen molar-refractivity contribution in [3.63, 3.8) is 0 Å². The molecule has 0 radical (unpaired) electrons. The zero-order valence-corrected chi connectivity index (χ0v) is 64.2. The summed E-state index contributed by atoms with van der Waals surface area (Å²) in [6.45, 7) is 34.0. The van der Waals surface area contributed by atoms with E-state index >= 15 is 0 Å². The van der Waals surface area contributed by atoms with Gasteiger partial charge in [-0.3, -0.25) is 0 Å². The third-order valence-electron chi connectivity index (χ3n) is 21.5. The van der Waals surface area contributed by atoms with Crippen LogP contribution in [0.5, 0.6) is 0 Å². The Balaban J connectivity index is 1.13. The Morgan fingerprint density at radius 3 is 1.07 bits per heavy atom. The highest BCUT2D eigenvalue weighted by molar-refractivity contribution is 7.00. The smallest absolute Gasteiger partial charge is 0.252 e. The molecule has 0 unspecified atom stereocenters. The van der Waals surface area contributed by atoms with Crippen molar-refractivity contribution in [3.8, 4) is 101 Å². The first-order valence-corrected chi connectivity index (χ1v) is 37.6. The van der Waals surface area contributed by atoms with E-state index in [0.29, 0.717) is 23.0 Å². The Morgan fingerprint density at radius 2 is 0.598 bits per heavy atom. The molecule has 0 aliphatic carbocycles. The van der Waals surface area contributed by atoms with Gasteiger partial charge >= 0.3 is 0 Å². The molecule has 13 aromatic carbocycles.